The van der Waals surface area contributed by atoms with Gasteiger partial charge in [0.05, 0.1) is 7.11 Å². The van der Waals surface area contributed by atoms with Gasteiger partial charge in [0.1, 0.15) is 17.9 Å². The Morgan fingerprint density at radius 3 is 2.62 bits per heavy atom. The Morgan fingerprint density at radius 1 is 1.24 bits per heavy atom. The van der Waals surface area contributed by atoms with E-state index in [1.54, 1.807) is 18.2 Å². The third-order valence-electron chi connectivity index (χ3n) is 2.78. The first-order chi connectivity index (χ1) is 10.0. The Hall–Kier alpha value is -2.08. The van der Waals surface area contributed by atoms with Gasteiger partial charge >= 0.3 is 5.97 Å². The molecule has 2 aromatic rings. The Balaban J connectivity index is 2.18. The van der Waals surface area contributed by atoms with Crippen molar-refractivity contribution < 1.29 is 23.8 Å². The van der Waals surface area contributed by atoms with Crippen LogP contribution in [-0.4, -0.2) is 18.2 Å². The highest BCUT2D eigenvalue weighted by Gasteiger charge is 2.12. The molecule has 2 aromatic carbocycles. The van der Waals surface area contributed by atoms with Gasteiger partial charge in [0.15, 0.2) is 11.6 Å². The maximum atomic E-state index is 13.6. The molecule has 0 aliphatic carbocycles. The van der Waals surface area contributed by atoms with Crippen LogP contribution in [0, 0.1) is 5.82 Å². The number of carboxylic acid groups (broad SMARTS) is 1. The molecule has 0 amide bonds. The van der Waals surface area contributed by atoms with Gasteiger partial charge in [-0.15, -0.1) is 0 Å². The molecule has 0 fully saturated rings. The van der Waals surface area contributed by atoms with Gasteiger partial charge in [-0.25, -0.2) is 9.18 Å². The van der Waals surface area contributed by atoms with Crippen LogP contribution in [0.2, 0.25) is 0 Å². The molecule has 0 aliphatic heterocycles. The summed E-state index contributed by atoms with van der Waals surface area (Å²) in [6.45, 7) is 0.0532. The maximum absolute atomic E-state index is 13.6. The Kier molecular flexibility index (Phi) is 4.80. The number of hydrogen-bond acceptors (Lipinski definition) is 3. The van der Waals surface area contributed by atoms with Crippen LogP contribution in [0.5, 0.6) is 11.5 Å². The summed E-state index contributed by atoms with van der Waals surface area (Å²) < 4.78 is 24.6. The molecular weight excluding hydrogens is 343 g/mol. The molecule has 0 radical (unpaired) electrons. The van der Waals surface area contributed by atoms with Crippen molar-refractivity contribution in [2.45, 2.75) is 6.61 Å². The fraction of sp³-hybridized carbons (Fsp3) is 0.133. The summed E-state index contributed by atoms with van der Waals surface area (Å²) in [4.78, 5) is 11.1. The molecular formula is C15H12BrFO4. The summed E-state index contributed by atoms with van der Waals surface area (Å²) in [5.41, 5.74) is 0.622. The lowest BCUT2D eigenvalue weighted by molar-refractivity contribution is 0.0691. The molecule has 0 aliphatic rings. The van der Waals surface area contributed by atoms with E-state index >= 15 is 0 Å². The van der Waals surface area contributed by atoms with E-state index in [0.29, 0.717) is 10.0 Å². The van der Waals surface area contributed by atoms with E-state index in [1.807, 2.05) is 0 Å². The lowest BCUT2D eigenvalue weighted by Gasteiger charge is -2.10. The number of aromatic carboxylic acids is 1. The highest BCUT2D eigenvalue weighted by Crippen LogP contribution is 2.25. The van der Waals surface area contributed by atoms with Crippen LogP contribution < -0.4 is 9.47 Å². The van der Waals surface area contributed by atoms with E-state index in [2.05, 4.69) is 15.9 Å². The second kappa shape index (κ2) is 6.58. The van der Waals surface area contributed by atoms with Crippen molar-refractivity contribution in [2.75, 3.05) is 7.11 Å². The van der Waals surface area contributed by atoms with Gasteiger partial charge in [-0.2, -0.15) is 0 Å². The van der Waals surface area contributed by atoms with Crippen molar-refractivity contribution >= 4 is 21.9 Å². The lowest BCUT2D eigenvalue weighted by Crippen LogP contribution is -2.04. The van der Waals surface area contributed by atoms with Crippen LogP contribution >= 0.6 is 15.9 Å². The lowest BCUT2D eigenvalue weighted by atomic mass is 10.2. The zero-order valence-corrected chi connectivity index (χ0v) is 12.7. The van der Waals surface area contributed by atoms with Crippen LogP contribution in [-0.2, 0) is 6.61 Å². The van der Waals surface area contributed by atoms with Crippen LogP contribution in [0.1, 0.15) is 15.9 Å². The molecule has 0 heterocycles. The molecule has 0 aromatic heterocycles. The molecule has 21 heavy (non-hydrogen) atoms. The Labute approximate surface area is 129 Å². The van der Waals surface area contributed by atoms with E-state index in [1.165, 1.54) is 25.3 Å². The Bertz CT molecular complexity index is 673. The SMILES string of the molecule is COc1ccc(COc2cc(Br)ccc2C(=O)O)cc1F. The van der Waals surface area contributed by atoms with E-state index in [9.17, 15) is 9.18 Å². The van der Waals surface area contributed by atoms with Gasteiger partial charge in [-0.1, -0.05) is 22.0 Å². The predicted octanol–water partition coefficient (Wildman–Crippen LogP) is 3.87. The second-order valence-corrected chi connectivity index (χ2v) is 5.12. The number of hydrogen-bond donors (Lipinski definition) is 1. The van der Waals surface area contributed by atoms with Gasteiger partial charge in [0, 0.05) is 4.47 Å². The van der Waals surface area contributed by atoms with Crippen molar-refractivity contribution in [1.29, 1.82) is 0 Å². The molecule has 1 N–H and O–H groups in total. The van der Waals surface area contributed by atoms with Gasteiger partial charge < -0.3 is 14.6 Å². The van der Waals surface area contributed by atoms with Gasteiger partial charge in [0.25, 0.3) is 0 Å². The largest absolute Gasteiger partial charge is 0.494 e. The standard InChI is InChI=1S/C15H12BrFO4/c1-20-13-5-2-9(6-12(13)17)8-21-14-7-10(16)3-4-11(14)15(18)19/h2-7H,8H2,1H3,(H,18,19). The first-order valence-electron chi connectivity index (χ1n) is 5.99. The monoisotopic (exact) mass is 354 g/mol. The van der Waals surface area contributed by atoms with E-state index in [4.69, 9.17) is 14.6 Å². The zero-order chi connectivity index (χ0) is 15.4. The zero-order valence-electron chi connectivity index (χ0n) is 11.1. The summed E-state index contributed by atoms with van der Waals surface area (Å²) in [6.07, 6.45) is 0. The van der Waals surface area contributed by atoms with Gasteiger partial charge in [0.2, 0.25) is 0 Å². The van der Waals surface area contributed by atoms with Crippen molar-refractivity contribution in [3.8, 4) is 11.5 Å². The summed E-state index contributed by atoms with van der Waals surface area (Å²) >= 11 is 3.25. The summed E-state index contributed by atoms with van der Waals surface area (Å²) in [7, 11) is 1.38. The molecule has 0 spiro atoms. The van der Waals surface area contributed by atoms with Crippen LogP contribution in [0.3, 0.4) is 0 Å². The molecule has 0 saturated carbocycles. The van der Waals surface area contributed by atoms with E-state index < -0.39 is 11.8 Å². The van der Waals surface area contributed by atoms with Crippen LogP contribution in [0.4, 0.5) is 4.39 Å². The maximum Gasteiger partial charge on any atom is 0.339 e. The second-order valence-electron chi connectivity index (χ2n) is 4.20. The minimum Gasteiger partial charge on any atom is -0.494 e. The smallest absolute Gasteiger partial charge is 0.339 e. The van der Waals surface area contributed by atoms with Crippen molar-refractivity contribution in [3.63, 3.8) is 0 Å². The Morgan fingerprint density at radius 2 is 2.00 bits per heavy atom. The predicted molar refractivity (Wildman–Crippen MR) is 78.4 cm³/mol. The first kappa shape index (κ1) is 15.3. The number of benzene rings is 2. The molecule has 4 nitrogen and oxygen atoms in total. The fourth-order valence-corrected chi connectivity index (χ4v) is 2.09. The highest BCUT2D eigenvalue weighted by molar-refractivity contribution is 9.10. The minimum atomic E-state index is -1.08. The fourth-order valence-electron chi connectivity index (χ4n) is 1.75. The van der Waals surface area contributed by atoms with Crippen molar-refractivity contribution in [1.82, 2.24) is 0 Å². The highest BCUT2D eigenvalue weighted by atomic mass is 79.9. The average molecular weight is 355 g/mol. The number of methoxy groups -OCH3 is 1. The van der Waals surface area contributed by atoms with Crippen molar-refractivity contribution in [3.05, 3.63) is 57.8 Å². The van der Waals surface area contributed by atoms with E-state index in [0.717, 1.165) is 0 Å². The van der Waals surface area contributed by atoms with Crippen molar-refractivity contribution in [2.24, 2.45) is 0 Å². The molecule has 0 saturated heterocycles. The van der Waals surface area contributed by atoms with Gasteiger partial charge in [-0.05, 0) is 35.9 Å². The molecule has 6 heteroatoms. The average Bonchev–Trinajstić information content (AvgIpc) is 2.45. The summed E-state index contributed by atoms with van der Waals surface area (Å²) in [5.74, 6) is -1.22. The number of halogens is 2. The molecule has 0 atom stereocenters. The van der Waals surface area contributed by atoms with Gasteiger partial charge in [-0.3, -0.25) is 0 Å². The normalized spacial score (nSPS) is 10.2. The summed E-state index contributed by atoms with van der Waals surface area (Å²) in [5, 5.41) is 9.09. The number of ether oxygens (including phenoxy) is 2. The first-order valence-corrected chi connectivity index (χ1v) is 6.78. The third-order valence-corrected chi connectivity index (χ3v) is 3.28. The quantitative estimate of drug-likeness (QED) is 0.885. The molecule has 0 bridgehead atoms. The molecule has 110 valence electrons. The van der Waals surface area contributed by atoms with Crippen LogP contribution in [0.25, 0.3) is 0 Å². The topological polar surface area (TPSA) is 55.8 Å². The summed E-state index contributed by atoms with van der Waals surface area (Å²) in [6, 6.07) is 9.05. The number of rotatable bonds is 5. The number of carbonyl (C=O) groups is 1. The molecule has 0 unspecified atom stereocenters. The molecule has 2 rings (SSSR count). The van der Waals surface area contributed by atoms with Crippen LogP contribution in [0.15, 0.2) is 40.9 Å². The van der Waals surface area contributed by atoms with E-state index in [-0.39, 0.29) is 23.7 Å². The minimum absolute atomic E-state index is 0.0483. The third kappa shape index (κ3) is 3.72. The number of carboxylic acids is 1.